The summed E-state index contributed by atoms with van der Waals surface area (Å²) in [5.74, 6) is 1.17. The fraction of sp³-hybridized carbons (Fsp3) is 0.714. The summed E-state index contributed by atoms with van der Waals surface area (Å²) in [5, 5.41) is 9.51. The van der Waals surface area contributed by atoms with Gasteiger partial charge in [0.05, 0.1) is 6.10 Å². The zero-order valence-electron chi connectivity index (χ0n) is 12.1. The second-order valence-corrected chi connectivity index (χ2v) is 4.78. The second kappa shape index (κ2) is 6.69. The number of aromatic nitrogens is 2. The van der Waals surface area contributed by atoms with Crippen molar-refractivity contribution in [1.29, 1.82) is 0 Å². The summed E-state index contributed by atoms with van der Waals surface area (Å²) in [4.78, 5) is 11.0. The molecule has 1 fully saturated rings. The van der Waals surface area contributed by atoms with E-state index in [0.717, 1.165) is 30.3 Å². The monoisotopic (exact) mass is 251 g/mol. The summed E-state index contributed by atoms with van der Waals surface area (Å²) in [6, 6.07) is 2.03. The molecule has 1 aromatic heterocycles. The van der Waals surface area contributed by atoms with Crippen LogP contribution in [0.2, 0.25) is 0 Å². The second-order valence-electron chi connectivity index (χ2n) is 4.78. The lowest BCUT2D eigenvalue weighted by Gasteiger charge is -2.17. The van der Waals surface area contributed by atoms with Gasteiger partial charge >= 0.3 is 0 Å². The van der Waals surface area contributed by atoms with Gasteiger partial charge in [-0.05, 0) is 25.3 Å². The summed E-state index contributed by atoms with van der Waals surface area (Å²) < 4.78 is 0. The van der Waals surface area contributed by atoms with Crippen LogP contribution in [0.4, 0.5) is 5.95 Å². The smallest absolute Gasteiger partial charge is 0.225 e. The maximum absolute atomic E-state index is 9.51. The third-order valence-electron chi connectivity index (χ3n) is 2.90. The van der Waals surface area contributed by atoms with Crippen LogP contribution in [0.5, 0.6) is 0 Å². The number of aliphatic hydroxyl groups is 1. The topological polar surface area (TPSA) is 49.2 Å². The highest BCUT2D eigenvalue weighted by atomic mass is 16.3. The molecule has 1 unspecified atom stereocenters. The molecule has 1 atom stereocenters. The Morgan fingerprint density at radius 1 is 1.33 bits per heavy atom. The van der Waals surface area contributed by atoms with E-state index in [9.17, 15) is 5.11 Å². The van der Waals surface area contributed by atoms with E-state index in [2.05, 4.69) is 28.7 Å². The number of aryl methyl sites for hydroxylation is 1. The van der Waals surface area contributed by atoms with Crippen molar-refractivity contribution in [3.63, 3.8) is 0 Å². The molecule has 0 aromatic carbocycles. The molecular weight excluding hydrogens is 226 g/mol. The van der Waals surface area contributed by atoms with Gasteiger partial charge < -0.3 is 10.0 Å². The third kappa shape index (κ3) is 3.67. The number of hydrogen-bond donors (Lipinski definition) is 1. The molecule has 1 aliphatic rings. The Bertz CT molecular complexity index is 379. The van der Waals surface area contributed by atoms with E-state index in [1.54, 1.807) is 0 Å². The molecule has 2 heterocycles. The molecule has 18 heavy (non-hydrogen) atoms. The summed E-state index contributed by atoms with van der Waals surface area (Å²) in [6.07, 6.45) is 0.584. The van der Waals surface area contributed by atoms with Crippen LogP contribution in [0.1, 0.15) is 51.4 Å². The Hall–Kier alpha value is -1.16. The van der Waals surface area contributed by atoms with E-state index in [0.29, 0.717) is 12.5 Å². The summed E-state index contributed by atoms with van der Waals surface area (Å²) in [7, 11) is 0. The molecule has 0 radical (unpaired) electrons. The van der Waals surface area contributed by atoms with Crippen molar-refractivity contribution in [2.24, 2.45) is 0 Å². The van der Waals surface area contributed by atoms with E-state index >= 15 is 0 Å². The van der Waals surface area contributed by atoms with Gasteiger partial charge in [-0.15, -0.1) is 0 Å². The minimum absolute atomic E-state index is 0.230. The van der Waals surface area contributed by atoms with Crippen LogP contribution in [0.3, 0.4) is 0 Å². The average molecular weight is 251 g/mol. The minimum atomic E-state index is -0.230. The van der Waals surface area contributed by atoms with Crippen LogP contribution in [0.15, 0.2) is 6.07 Å². The lowest BCUT2D eigenvalue weighted by molar-refractivity contribution is 0.198. The van der Waals surface area contributed by atoms with Crippen LogP contribution in [-0.2, 0) is 0 Å². The standard InChI is InChI=1S/C12H19N3O.C2H6/c1-8(2)11-6-9(3)13-12(14-11)15-5-4-10(16)7-15;1-2/h6,8,10,16H,4-5,7H2,1-3H3;1-2H3. The maximum atomic E-state index is 9.51. The van der Waals surface area contributed by atoms with Crippen molar-refractivity contribution in [2.75, 3.05) is 18.0 Å². The fourth-order valence-electron chi connectivity index (χ4n) is 1.94. The molecule has 1 saturated heterocycles. The SMILES string of the molecule is CC.Cc1cc(C(C)C)nc(N2CCC(O)C2)n1. The van der Waals surface area contributed by atoms with Gasteiger partial charge in [0.1, 0.15) is 0 Å². The first-order chi connectivity index (χ1) is 8.56. The zero-order chi connectivity index (χ0) is 13.7. The van der Waals surface area contributed by atoms with Crippen molar-refractivity contribution in [1.82, 2.24) is 9.97 Å². The van der Waals surface area contributed by atoms with E-state index in [-0.39, 0.29) is 6.10 Å². The quantitative estimate of drug-likeness (QED) is 0.877. The largest absolute Gasteiger partial charge is 0.391 e. The van der Waals surface area contributed by atoms with Gasteiger partial charge in [-0.2, -0.15) is 0 Å². The lowest BCUT2D eigenvalue weighted by Crippen LogP contribution is -2.24. The van der Waals surface area contributed by atoms with E-state index in [1.807, 2.05) is 26.8 Å². The Labute approximate surface area is 110 Å². The Morgan fingerprint density at radius 3 is 2.50 bits per heavy atom. The number of aliphatic hydroxyl groups excluding tert-OH is 1. The maximum Gasteiger partial charge on any atom is 0.225 e. The molecule has 0 spiro atoms. The van der Waals surface area contributed by atoms with Gasteiger partial charge in [-0.1, -0.05) is 27.7 Å². The zero-order valence-corrected chi connectivity index (χ0v) is 12.1. The molecule has 0 amide bonds. The Kier molecular flexibility index (Phi) is 5.54. The highest BCUT2D eigenvalue weighted by molar-refractivity contribution is 5.34. The number of hydrogen-bond acceptors (Lipinski definition) is 4. The van der Waals surface area contributed by atoms with Gasteiger partial charge in [-0.25, -0.2) is 9.97 Å². The number of rotatable bonds is 2. The lowest BCUT2D eigenvalue weighted by atomic mass is 10.1. The van der Waals surface area contributed by atoms with E-state index in [1.165, 1.54) is 0 Å². The van der Waals surface area contributed by atoms with Crippen LogP contribution in [-0.4, -0.2) is 34.3 Å². The number of anilines is 1. The first-order valence-electron chi connectivity index (χ1n) is 6.85. The van der Waals surface area contributed by atoms with Crippen LogP contribution in [0.25, 0.3) is 0 Å². The summed E-state index contributed by atoms with van der Waals surface area (Å²) in [5.41, 5.74) is 2.07. The fourth-order valence-corrected chi connectivity index (χ4v) is 1.94. The van der Waals surface area contributed by atoms with Crippen molar-refractivity contribution in [2.45, 2.75) is 53.1 Å². The molecule has 4 heteroatoms. The predicted molar refractivity (Wildman–Crippen MR) is 75.0 cm³/mol. The van der Waals surface area contributed by atoms with Crippen molar-refractivity contribution < 1.29 is 5.11 Å². The summed E-state index contributed by atoms with van der Waals surface area (Å²) >= 11 is 0. The van der Waals surface area contributed by atoms with Crippen LogP contribution in [0, 0.1) is 6.92 Å². The molecular formula is C14H25N3O. The van der Waals surface area contributed by atoms with Gasteiger partial charge in [0.15, 0.2) is 0 Å². The van der Waals surface area contributed by atoms with E-state index < -0.39 is 0 Å². The molecule has 0 saturated carbocycles. The molecule has 1 aliphatic heterocycles. The Morgan fingerprint density at radius 2 is 2.00 bits per heavy atom. The normalized spacial score (nSPS) is 18.8. The first-order valence-corrected chi connectivity index (χ1v) is 6.85. The van der Waals surface area contributed by atoms with Gasteiger partial charge in [0.2, 0.25) is 5.95 Å². The third-order valence-corrected chi connectivity index (χ3v) is 2.90. The van der Waals surface area contributed by atoms with Crippen molar-refractivity contribution >= 4 is 5.95 Å². The molecule has 1 aromatic rings. The van der Waals surface area contributed by atoms with Gasteiger partial charge in [0, 0.05) is 24.5 Å². The van der Waals surface area contributed by atoms with Gasteiger partial charge in [-0.3, -0.25) is 0 Å². The van der Waals surface area contributed by atoms with Crippen molar-refractivity contribution in [3.05, 3.63) is 17.5 Å². The molecule has 102 valence electrons. The first kappa shape index (κ1) is 14.9. The highest BCUT2D eigenvalue weighted by Gasteiger charge is 2.22. The molecule has 0 aliphatic carbocycles. The minimum Gasteiger partial charge on any atom is -0.391 e. The van der Waals surface area contributed by atoms with Crippen LogP contribution < -0.4 is 4.90 Å². The molecule has 2 rings (SSSR count). The number of β-amino-alcohol motifs (C(OH)–C–C–N with tert-alkyl or cyclic N) is 1. The average Bonchev–Trinajstić information content (AvgIpc) is 2.78. The molecule has 4 nitrogen and oxygen atoms in total. The summed E-state index contributed by atoms with van der Waals surface area (Å²) in [6.45, 7) is 11.8. The predicted octanol–water partition coefficient (Wildman–Crippen LogP) is 2.51. The highest BCUT2D eigenvalue weighted by Crippen LogP contribution is 2.20. The Balaban J connectivity index is 0.000000771. The van der Waals surface area contributed by atoms with E-state index in [4.69, 9.17) is 0 Å². The molecule has 1 N–H and O–H groups in total. The van der Waals surface area contributed by atoms with Gasteiger partial charge in [0.25, 0.3) is 0 Å². The molecule has 0 bridgehead atoms. The van der Waals surface area contributed by atoms with Crippen LogP contribution >= 0.6 is 0 Å². The van der Waals surface area contributed by atoms with Crippen molar-refractivity contribution in [3.8, 4) is 0 Å². The number of nitrogens with zero attached hydrogens (tertiary/aromatic N) is 3.